The molecular weight excluding hydrogens is 453 g/mol. The van der Waals surface area contributed by atoms with Gasteiger partial charge in [-0.15, -0.1) is 0 Å². The summed E-state index contributed by atoms with van der Waals surface area (Å²) >= 11 is 0. The summed E-state index contributed by atoms with van der Waals surface area (Å²) in [5.41, 5.74) is 6.57. The number of aromatic amines is 2. The number of carbonyl (C=O) groups excluding carboxylic acids is 1. The molecule has 0 saturated carbocycles. The lowest BCUT2D eigenvalue weighted by Crippen LogP contribution is -2.43. The minimum atomic E-state index is -0.776. The third kappa shape index (κ3) is 5.37. The number of amides is 1. The molecule has 1 aliphatic rings. The molecule has 5 unspecified atom stereocenters. The first-order valence-corrected chi connectivity index (χ1v) is 10.7. The van der Waals surface area contributed by atoms with Crippen LogP contribution in [0.15, 0.2) is 23.6 Å². The summed E-state index contributed by atoms with van der Waals surface area (Å²) in [6, 6.07) is -0.732. The van der Waals surface area contributed by atoms with Crippen molar-refractivity contribution in [1.29, 1.82) is 1.28 Å². The number of fused-ring (bicyclic) bond motifs is 1. The fraction of sp³-hybridized carbons (Fsp3) is 0.500. The average Bonchev–Trinajstić information content (AvgIpc) is 3.55. The molecule has 3 aromatic rings. The van der Waals surface area contributed by atoms with Gasteiger partial charge in [-0.2, -0.15) is 4.98 Å². The predicted octanol–water partition coefficient (Wildman–Crippen LogP) is -1.60. The molecule has 4 rings (SSSR count). The van der Waals surface area contributed by atoms with Gasteiger partial charge in [0.05, 0.1) is 38.4 Å². The van der Waals surface area contributed by atoms with Crippen molar-refractivity contribution in [2.75, 3.05) is 25.0 Å². The lowest BCUT2D eigenvalue weighted by molar-refractivity contribution is -0.122. The largest absolute Gasteiger partial charge is 0.390 e. The van der Waals surface area contributed by atoms with E-state index in [0.717, 1.165) is 0 Å². The molecule has 0 radical (unpaired) electrons. The Hall–Kier alpha value is -2.90. The molecule has 0 bridgehead atoms. The monoisotopic (exact) mass is 481 g/mol. The molecule has 1 fully saturated rings. The Morgan fingerprint density at radius 1 is 1.52 bits per heavy atom. The second-order valence-corrected chi connectivity index (χ2v) is 7.86. The van der Waals surface area contributed by atoms with Gasteiger partial charge in [-0.25, -0.2) is 9.97 Å². The lowest BCUT2D eigenvalue weighted by atomic mass is 10.1. The van der Waals surface area contributed by atoms with E-state index in [1.54, 1.807) is 10.8 Å². The number of imidazole rings is 2. The van der Waals surface area contributed by atoms with Crippen LogP contribution in [0.3, 0.4) is 0 Å². The summed E-state index contributed by atoms with van der Waals surface area (Å²) in [4.78, 5) is 42.6. The van der Waals surface area contributed by atoms with E-state index in [9.17, 15) is 14.7 Å². The van der Waals surface area contributed by atoms with Crippen LogP contribution in [0, 0.1) is 0 Å². The maximum Gasteiger partial charge on any atom is 0.280 e. The van der Waals surface area contributed by atoms with Crippen molar-refractivity contribution < 1.29 is 19.2 Å². The molecule has 1 aliphatic heterocycles. The van der Waals surface area contributed by atoms with E-state index in [-0.39, 0.29) is 49.1 Å². The van der Waals surface area contributed by atoms with Crippen molar-refractivity contribution in [2.45, 2.75) is 37.3 Å². The first kappa shape index (κ1) is 21.9. The van der Waals surface area contributed by atoms with Crippen LogP contribution in [0.2, 0.25) is 0 Å². The third-order valence-corrected chi connectivity index (χ3v) is 5.40. The Morgan fingerprint density at radius 2 is 2.39 bits per heavy atom. The van der Waals surface area contributed by atoms with Crippen LogP contribution >= 0.6 is 9.41 Å². The molecule has 15 heteroatoms. The van der Waals surface area contributed by atoms with Crippen molar-refractivity contribution in [1.82, 2.24) is 34.8 Å². The van der Waals surface area contributed by atoms with Crippen LogP contribution < -0.4 is 21.9 Å². The molecule has 1 saturated heterocycles. The van der Waals surface area contributed by atoms with Gasteiger partial charge in [-0.05, 0) is 0 Å². The zero-order chi connectivity index (χ0) is 24.1. The number of nitrogens with zero attached hydrogens (tertiary/aromatic N) is 4. The van der Waals surface area contributed by atoms with Crippen LogP contribution in [0.4, 0.5) is 5.95 Å². The Bertz CT molecular complexity index is 1160. The fourth-order valence-electron chi connectivity index (χ4n) is 3.56. The third-order valence-electron chi connectivity index (χ3n) is 5.23. The number of anilines is 1. The second-order valence-electron chi connectivity index (χ2n) is 7.57. The predicted molar refractivity (Wildman–Crippen MR) is 120 cm³/mol. The second kappa shape index (κ2) is 10.4. The van der Waals surface area contributed by atoms with Gasteiger partial charge in [-0.3, -0.25) is 19.1 Å². The van der Waals surface area contributed by atoms with Gasteiger partial charge < -0.3 is 35.7 Å². The van der Waals surface area contributed by atoms with Gasteiger partial charge in [0.2, 0.25) is 11.9 Å². The van der Waals surface area contributed by atoms with Crippen LogP contribution in [-0.2, 0) is 20.5 Å². The first-order chi connectivity index (χ1) is 16.5. The Morgan fingerprint density at radius 3 is 3.18 bits per heavy atom. The van der Waals surface area contributed by atoms with Crippen LogP contribution in [0.1, 0.15) is 18.3 Å². The van der Waals surface area contributed by atoms with E-state index in [2.05, 4.69) is 35.6 Å². The highest BCUT2D eigenvalue weighted by Crippen LogP contribution is 2.30. The number of nitrogens with one attached hydrogen (secondary N) is 4. The fourth-order valence-corrected chi connectivity index (χ4v) is 3.72. The quantitative estimate of drug-likeness (QED) is 0.137. The van der Waals surface area contributed by atoms with Crippen molar-refractivity contribution in [3.8, 4) is 0 Å². The summed E-state index contributed by atoms with van der Waals surface area (Å²) in [5.74, 6) is -0.121. The van der Waals surface area contributed by atoms with E-state index in [4.69, 9.17) is 16.3 Å². The number of hydrogen-bond acceptors (Lipinski definition) is 10. The lowest BCUT2D eigenvalue weighted by Gasteiger charge is -2.15. The molecule has 4 heterocycles. The number of hydrogen-bond donors (Lipinski definition) is 6. The number of carbonyl (C=O) groups is 1. The van der Waals surface area contributed by atoms with Crippen molar-refractivity contribution in [3.63, 3.8) is 0 Å². The zero-order valence-electron chi connectivity index (χ0n) is 18.5. The summed E-state index contributed by atoms with van der Waals surface area (Å²) in [7, 11) is -0.453. The van der Waals surface area contributed by atoms with E-state index < -0.39 is 39.4 Å². The number of aliphatic hydroxyl groups excluding tert-OH is 1. The van der Waals surface area contributed by atoms with Gasteiger partial charge in [0.25, 0.3) is 5.56 Å². The van der Waals surface area contributed by atoms with Crippen LogP contribution in [-0.4, -0.2) is 79.7 Å². The molecule has 0 aromatic carbocycles. The van der Waals surface area contributed by atoms with Gasteiger partial charge in [-0.1, -0.05) is 0 Å². The van der Waals surface area contributed by atoms with E-state index in [1.807, 2.05) is 0 Å². The number of rotatable bonds is 11. The highest BCUT2D eigenvalue weighted by Gasteiger charge is 2.36. The Kier molecular flexibility index (Phi) is 6.88. The summed E-state index contributed by atoms with van der Waals surface area (Å²) in [5, 5.41) is 15.9. The minimum absolute atomic E-state index is 0.101. The maximum atomic E-state index is 12.4. The summed E-state index contributed by atoms with van der Waals surface area (Å²) in [6.45, 7) is 0.643. The van der Waals surface area contributed by atoms with Gasteiger partial charge in [0, 0.05) is 41.5 Å². The molecule has 0 aliphatic carbocycles. The first-order valence-electron chi connectivity index (χ1n) is 10.8. The summed E-state index contributed by atoms with van der Waals surface area (Å²) < 4.78 is 19.6. The van der Waals surface area contributed by atoms with E-state index >= 15 is 0 Å². The smallest absolute Gasteiger partial charge is 0.280 e. The molecule has 178 valence electrons. The summed E-state index contributed by atoms with van der Waals surface area (Å²) in [6.07, 6.45) is 3.28. The number of H-pyrrole nitrogens is 2. The normalized spacial score (nSPS) is 22.1. The maximum absolute atomic E-state index is 12.4. The average molecular weight is 481 g/mol. The Balaban J connectivity index is 1.35. The molecule has 5 atom stereocenters. The number of nitrogens with two attached hydrogens (primary N) is 1. The van der Waals surface area contributed by atoms with Crippen molar-refractivity contribution in [2.24, 2.45) is 5.73 Å². The SMILES string of the molecule is [3H]POCC1OC(n2cnc3c(=O)[nH]c(NCCNC(=O)C(N)Cc4c[nH]cn4)nc32)CC1O. The van der Waals surface area contributed by atoms with Gasteiger partial charge in [0.1, 0.15) is 12.3 Å². The molecule has 0 spiro atoms. The number of aliphatic hydroxyl groups is 1. The minimum Gasteiger partial charge on any atom is -0.390 e. The van der Waals surface area contributed by atoms with E-state index in [0.29, 0.717) is 12.1 Å². The van der Waals surface area contributed by atoms with E-state index in [1.165, 1.54) is 12.7 Å². The highest BCUT2D eigenvalue weighted by atomic mass is 31.0. The zero-order valence-corrected chi connectivity index (χ0v) is 18.5. The topological polar surface area (TPSA) is 198 Å². The van der Waals surface area contributed by atoms with Crippen LogP contribution in [0.5, 0.6) is 0 Å². The molecular formula is C18H26N9O5P. The molecule has 3 aromatic heterocycles. The van der Waals surface area contributed by atoms with Crippen molar-refractivity contribution >= 4 is 32.4 Å². The van der Waals surface area contributed by atoms with Crippen LogP contribution in [0.25, 0.3) is 11.2 Å². The molecule has 1 amide bonds. The Labute approximate surface area is 191 Å². The number of ether oxygens (including phenoxy) is 1. The molecule has 7 N–H and O–H groups in total. The molecule has 33 heavy (non-hydrogen) atoms. The molecule has 14 nitrogen and oxygen atoms in total. The van der Waals surface area contributed by atoms with Crippen molar-refractivity contribution in [3.05, 3.63) is 34.9 Å². The standard InChI is InChI=1S/C18H26N9O5P/c19-10(3-9-5-20-7-23-9)16(29)21-1-2-22-18-25-15-14(17(30)26-18)24-8-27(15)13-4-11(28)12(32-13)6-31-33/h5,7-8,10-13,28H,1-4,6,19,33H2,(H,20,23)(H,21,29)(H2,22,25,26,30)/i33T. The van der Waals surface area contributed by atoms with Gasteiger partial charge in [0.15, 0.2) is 11.2 Å². The number of aromatic nitrogens is 6. The van der Waals surface area contributed by atoms with Gasteiger partial charge >= 0.3 is 0 Å². The highest BCUT2D eigenvalue weighted by molar-refractivity contribution is 7.09.